The number of benzene rings is 2. The first kappa shape index (κ1) is 19.7. The summed E-state index contributed by atoms with van der Waals surface area (Å²) in [6.07, 6.45) is 3.70. The standard InChI is InChI=1S/C25H30N2O2/c1-4-29-25(28)24-23(18(3)26-20-8-7-9-20)21-10-5-6-11-22(21)27(24)16-19-14-12-17(2)13-15-19/h5-6,10-15,18,20,26H,4,7-9,16H2,1-3H3. The lowest BCUT2D eigenvalue weighted by molar-refractivity contribution is 0.0512. The van der Waals surface area contributed by atoms with Gasteiger partial charge in [0.15, 0.2) is 0 Å². The van der Waals surface area contributed by atoms with E-state index in [9.17, 15) is 4.79 Å². The topological polar surface area (TPSA) is 43.3 Å². The molecule has 3 aromatic rings. The molecule has 0 aliphatic heterocycles. The molecular formula is C25H30N2O2. The van der Waals surface area contributed by atoms with Crippen molar-refractivity contribution in [3.63, 3.8) is 0 Å². The molecule has 1 N–H and O–H groups in total. The van der Waals surface area contributed by atoms with Crippen LogP contribution in [0.25, 0.3) is 10.9 Å². The lowest BCUT2D eigenvalue weighted by atomic mass is 9.91. The Kier molecular flexibility index (Phi) is 5.72. The first-order valence-corrected chi connectivity index (χ1v) is 10.7. The highest BCUT2D eigenvalue weighted by atomic mass is 16.5. The van der Waals surface area contributed by atoms with Crippen LogP contribution in [-0.4, -0.2) is 23.2 Å². The van der Waals surface area contributed by atoms with Crippen LogP contribution in [0.2, 0.25) is 0 Å². The fraction of sp³-hybridized carbons (Fsp3) is 0.400. The van der Waals surface area contributed by atoms with Crippen molar-refractivity contribution < 1.29 is 9.53 Å². The number of hydrogen-bond acceptors (Lipinski definition) is 3. The van der Waals surface area contributed by atoms with Gasteiger partial charge in [-0.3, -0.25) is 0 Å². The third kappa shape index (κ3) is 3.95. The average molecular weight is 391 g/mol. The highest BCUT2D eigenvalue weighted by molar-refractivity contribution is 5.99. The van der Waals surface area contributed by atoms with E-state index in [1.54, 1.807) is 0 Å². The molecule has 1 atom stereocenters. The summed E-state index contributed by atoms with van der Waals surface area (Å²) in [4.78, 5) is 13.1. The number of nitrogens with zero attached hydrogens (tertiary/aromatic N) is 1. The molecule has 0 saturated heterocycles. The van der Waals surface area contributed by atoms with Crippen LogP contribution in [0.4, 0.5) is 0 Å². The zero-order valence-electron chi connectivity index (χ0n) is 17.6. The predicted octanol–water partition coefficient (Wildman–Crippen LogP) is 5.38. The Bertz CT molecular complexity index is 1000. The Morgan fingerprint density at radius 3 is 2.55 bits per heavy atom. The number of para-hydroxylation sites is 1. The van der Waals surface area contributed by atoms with Crippen LogP contribution in [0.1, 0.15) is 66.3 Å². The van der Waals surface area contributed by atoms with Gasteiger partial charge in [-0.15, -0.1) is 0 Å². The van der Waals surface area contributed by atoms with E-state index in [4.69, 9.17) is 4.74 Å². The third-order valence-electron chi connectivity index (χ3n) is 5.96. The van der Waals surface area contributed by atoms with Crippen LogP contribution in [0.3, 0.4) is 0 Å². The van der Waals surface area contributed by atoms with Gasteiger partial charge in [-0.1, -0.05) is 54.4 Å². The number of fused-ring (bicyclic) bond motifs is 1. The lowest BCUT2D eigenvalue weighted by Crippen LogP contribution is -2.37. The minimum Gasteiger partial charge on any atom is -0.461 e. The Labute approximate surface area is 172 Å². The van der Waals surface area contributed by atoms with Crippen LogP contribution < -0.4 is 5.32 Å². The molecular weight excluding hydrogens is 360 g/mol. The number of ether oxygens (including phenoxy) is 1. The maximum absolute atomic E-state index is 13.1. The molecule has 1 aromatic heterocycles. The molecule has 4 rings (SSSR count). The summed E-state index contributed by atoms with van der Waals surface area (Å²) in [5.41, 5.74) is 5.21. The van der Waals surface area contributed by atoms with Crippen LogP contribution in [0.15, 0.2) is 48.5 Å². The van der Waals surface area contributed by atoms with Crippen molar-refractivity contribution in [1.82, 2.24) is 9.88 Å². The van der Waals surface area contributed by atoms with Gasteiger partial charge in [-0.25, -0.2) is 4.79 Å². The van der Waals surface area contributed by atoms with Crippen LogP contribution >= 0.6 is 0 Å². The largest absolute Gasteiger partial charge is 0.461 e. The average Bonchev–Trinajstić information content (AvgIpc) is 3.01. The van der Waals surface area contributed by atoms with Crippen molar-refractivity contribution in [3.8, 4) is 0 Å². The normalized spacial score (nSPS) is 15.3. The highest BCUT2D eigenvalue weighted by Crippen LogP contribution is 2.34. The molecule has 4 nitrogen and oxygen atoms in total. The third-order valence-corrected chi connectivity index (χ3v) is 5.96. The van der Waals surface area contributed by atoms with E-state index >= 15 is 0 Å². The van der Waals surface area contributed by atoms with Crippen molar-refractivity contribution in [2.75, 3.05) is 6.61 Å². The molecule has 0 bridgehead atoms. The van der Waals surface area contributed by atoms with E-state index in [-0.39, 0.29) is 12.0 Å². The smallest absolute Gasteiger partial charge is 0.355 e. The van der Waals surface area contributed by atoms with Gasteiger partial charge in [0.2, 0.25) is 0 Å². The van der Waals surface area contributed by atoms with E-state index in [1.165, 1.54) is 30.4 Å². The second-order valence-electron chi connectivity index (χ2n) is 8.09. The maximum atomic E-state index is 13.1. The highest BCUT2D eigenvalue weighted by Gasteiger charge is 2.29. The monoisotopic (exact) mass is 390 g/mol. The Morgan fingerprint density at radius 2 is 1.90 bits per heavy atom. The van der Waals surface area contributed by atoms with E-state index in [0.717, 1.165) is 16.5 Å². The van der Waals surface area contributed by atoms with E-state index in [2.05, 4.69) is 60.1 Å². The first-order valence-electron chi connectivity index (χ1n) is 10.7. The molecule has 0 spiro atoms. The quantitative estimate of drug-likeness (QED) is 0.551. The summed E-state index contributed by atoms with van der Waals surface area (Å²) >= 11 is 0. The van der Waals surface area contributed by atoms with Crippen molar-refractivity contribution in [3.05, 3.63) is 70.9 Å². The zero-order valence-corrected chi connectivity index (χ0v) is 17.6. The summed E-state index contributed by atoms with van der Waals surface area (Å²) in [6, 6.07) is 17.4. The van der Waals surface area contributed by atoms with E-state index in [1.807, 2.05) is 19.1 Å². The van der Waals surface area contributed by atoms with Crippen molar-refractivity contribution in [2.24, 2.45) is 0 Å². The summed E-state index contributed by atoms with van der Waals surface area (Å²) in [6.45, 7) is 7.13. The van der Waals surface area contributed by atoms with Gasteiger partial charge in [0.25, 0.3) is 0 Å². The lowest BCUT2D eigenvalue weighted by Gasteiger charge is -2.30. The number of nitrogens with one attached hydrogen (secondary N) is 1. The molecule has 1 heterocycles. The Hall–Kier alpha value is -2.59. The van der Waals surface area contributed by atoms with Gasteiger partial charge in [0.1, 0.15) is 5.69 Å². The molecule has 1 aliphatic rings. The first-order chi connectivity index (χ1) is 14.1. The van der Waals surface area contributed by atoms with Crippen LogP contribution in [0, 0.1) is 6.92 Å². The van der Waals surface area contributed by atoms with Crippen molar-refractivity contribution in [1.29, 1.82) is 0 Å². The minimum atomic E-state index is -0.243. The summed E-state index contributed by atoms with van der Waals surface area (Å²) in [5.74, 6) is -0.243. The van der Waals surface area contributed by atoms with E-state index in [0.29, 0.717) is 24.9 Å². The molecule has 29 heavy (non-hydrogen) atoms. The molecule has 0 amide bonds. The SMILES string of the molecule is CCOC(=O)c1c(C(C)NC2CCC2)c2ccccc2n1Cc1ccc(C)cc1. The summed E-state index contributed by atoms with van der Waals surface area (Å²) < 4.78 is 7.63. The molecule has 4 heteroatoms. The number of aromatic nitrogens is 1. The number of carbonyl (C=O) groups is 1. The molecule has 1 aliphatic carbocycles. The summed E-state index contributed by atoms with van der Waals surface area (Å²) in [5, 5.41) is 4.85. The molecule has 0 radical (unpaired) electrons. The molecule has 1 fully saturated rings. The predicted molar refractivity (Wildman–Crippen MR) is 117 cm³/mol. The fourth-order valence-corrected chi connectivity index (χ4v) is 4.24. The maximum Gasteiger partial charge on any atom is 0.355 e. The van der Waals surface area contributed by atoms with Crippen molar-refractivity contribution in [2.45, 2.75) is 58.7 Å². The number of aryl methyl sites for hydroxylation is 1. The molecule has 1 unspecified atom stereocenters. The number of carbonyl (C=O) groups excluding carboxylic acids is 1. The van der Waals surface area contributed by atoms with Gasteiger partial charge in [-0.05, 0) is 45.2 Å². The molecule has 1 saturated carbocycles. The second kappa shape index (κ2) is 8.42. The molecule has 152 valence electrons. The molecule has 2 aromatic carbocycles. The number of hydrogen-bond donors (Lipinski definition) is 1. The number of esters is 1. The minimum absolute atomic E-state index is 0.0869. The van der Waals surface area contributed by atoms with Gasteiger partial charge in [0, 0.05) is 35.1 Å². The fourth-order valence-electron chi connectivity index (χ4n) is 4.24. The number of rotatable bonds is 7. The van der Waals surface area contributed by atoms with Gasteiger partial charge in [-0.2, -0.15) is 0 Å². The van der Waals surface area contributed by atoms with Gasteiger partial charge in [0.05, 0.1) is 6.61 Å². The van der Waals surface area contributed by atoms with Gasteiger partial charge < -0.3 is 14.6 Å². The van der Waals surface area contributed by atoms with Gasteiger partial charge >= 0.3 is 5.97 Å². The van der Waals surface area contributed by atoms with E-state index < -0.39 is 0 Å². The zero-order chi connectivity index (χ0) is 20.4. The Morgan fingerprint density at radius 1 is 1.17 bits per heavy atom. The van der Waals surface area contributed by atoms with Crippen molar-refractivity contribution >= 4 is 16.9 Å². The van der Waals surface area contributed by atoms with Crippen LogP contribution in [-0.2, 0) is 11.3 Å². The summed E-state index contributed by atoms with van der Waals surface area (Å²) in [7, 11) is 0. The van der Waals surface area contributed by atoms with Crippen LogP contribution in [0.5, 0.6) is 0 Å². The second-order valence-corrected chi connectivity index (χ2v) is 8.09. The Balaban J connectivity index is 1.84.